The van der Waals surface area contributed by atoms with Crippen LogP contribution >= 0.6 is 0 Å². The summed E-state index contributed by atoms with van der Waals surface area (Å²) in [4.78, 5) is 0. The van der Waals surface area contributed by atoms with Crippen LogP contribution in [0.15, 0.2) is 18.3 Å². The van der Waals surface area contributed by atoms with Crippen LogP contribution in [0.3, 0.4) is 0 Å². The summed E-state index contributed by atoms with van der Waals surface area (Å²) in [6, 6.07) is 0. The van der Waals surface area contributed by atoms with Gasteiger partial charge in [-0.25, -0.2) is 0 Å². The van der Waals surface area contributed by atoms with Crippen molar-refractivity contribution >= 4 is 0 Å². The van der Waals surface area contributed by atoms with Crippen LogP contribution in [0.4, 0.5) is 0 Å². The zero-order chi connectivity index (χ0) is 10.0. The molecular weight excluding hydrogens is 178 g/mol. The van der Waals surface area contributed by atoms with Gasteiger partial charge in [-0.3, -0.25) is 4.68 Å². The largest absolute Gasteiger partial charge is 0.385 e. The van der Waals surface area contributed by atoms with Gasteiger partial charge in [0.2, 0.25) is 0 Å². The molecule has 0 spiro atoms. The third-order valence-electron chi connectivity index (χ3n) is 2.55. The first-order valence-electron chi connectivity index (χ1n) is 4.93. The number of hydrogen-bond donors (Lipinski definition) is 1. The van der Waals surface area contributed by atoms with E-state index in [1.807, 2.05) is 25.4 Å². The molecule has 1 aromatic heterocycles. The van der Waals surface area contributed by atoms with Crippen molar-refractivity contribution in [2.45, 2.75) is 31.3 Å². The monoisotopic (exact) mass is 193 g/mol. The highest BCUT2D eigenvalue weighted by Gasteiger charge is 2.26. The highest BCUT2D eigenvalue weighted by Crippen LogP contribution is 2.24. The molecule has 0 fully saturated rings. The Morgan fingerprint density at radius 2 is 2.50 bits per heavy atom. The van der Waals surface area contributed by atoms with E-state index < -0.39 is 5.60 Å². The molecule has 0 radical (unpaired) electrons. The number of aryl methyl sites for hydroxylation is 1. The van der Waals surface area contributed by atoms with Gasteiger partial charge in [0.25, 0.3) is 0 Å². The Morgan fingerprint density at radius 3 is 3.07 bits per heavy atom. The van der Waals surface area contributed by atoms with Crippen LogP contribution in [0.1, 0.15) is 25.0 Å². The molecule has 1 atom stereocenters. The topological polar surface area (TPSA) is 50.9 Å². The van der Waals surface area contributed by atoms with Gasteiger partial charge in [0.05, 0.1) is 11.3 Å². The maximum atomic E-state index is 10.2. The molecule has 1 aliphatic carbocycles. The van der Waals surface area contributed by atoms with E-state index in [1.54, 1.807) is 4.68 Å². The molecule has 4 heteroatoms. The Kier molecular flexibility index (Phi) is 2.37. The van der Waals surface area contributed by atoms with Crippen molar-refractivity contribution in [2.24, 2.45) is 7.05 Å². The summed E-state index contributed by atoms with van der Waals surface area (Å²) in [6.07, 6.45) is 9.29. The number of allylic oxidation sites excluding steroid dienone is 1. The van der Waals surface area contributed by atoms with Crippen molar-refractivity contribution in [3.63, 3.8) is 0 Å². The van der Waals surface area contributed by atoms with Crippen molar-refractivity contribution in [1.82, 2.24) is 15.0 Å². The molecule has 0 aromatic carbocycles. The van der Waals surface area contributed by atoms with Gasteiger partial charge in [0.1, 0.15) is 0 Å². The Balaban J connectivity index is 2.09. The molecule has 1 aromatic rings. The molecule has 1 N–H and O–H groups in total. The van der Waals surface area contributed by atoms with Gasteiger partial charge in [-0.1, -0.05) is 17.4 Å². The number of aromatic nitrogens is 3. The summed E-state index contributed by atoms with van der Waals surface area (Å²) in [7, 11) is 1.83. The van der Waals surface area contributed by atoms with Gasteiger partial charge in [-0.15, -0.1) is 5.10 Å². The SMILES string of the molecule is Cn1cc(CC2(O)C=CCCC2)nn1. The molecule has 4 nitrogen and oxygen atoms in total. The Morgan fingerprint density at radius 1 is 1.64 bits per heavy atom. The standard InChI is InChI=1S/C10H15N3O/c1-13-8-9(11-12-13)7-10(14)5-3-2-4-6-10/h3,5,8,14H,2,4,6-7H2,1H3. The average molecular weight is 193 g/mol. The van der Waals surface area contributed by atoms with Crippen LogP contribution in [-0.2, 0) is 13.5 Å². The first-order valence-corrected chi connectivity index (χ1v) is 4.93. The number of hydrogen-bond acceptors (Lipinski definition) is 3. The molecular formula is C10H15N3O. The van der Waals surface area contributed by atoms with E-state index in [0.29, 0.717) is 6.42 Å². The number of aliphatic hydroxyl groups is 1. The third kappa shape index (κ3) is 2.01. The summed E-state index contributed by atoms with van der Waals surface area (Å²) in [5, 5.41) is 18.0. The molecule has 1 heterocycles. The average Bonchev–Trinajstić information content (AvgIpc) is 2.51. The molecule has 0 saturated heterocycles. The molecule has 0 aliphatic heterocycles. The van der Waals surface area contributed by atoms with Gasteiger partial charge < -0.3 is 5.11 Å². The molecule has 1 aliphatic rings. The summed E-state index contributed by atoms with van der Waals surface area (Å²) < 4.78 is 1.66. The lowest BCUT2D eigenvalue weighted by Crippen LogP contribution is -2.30. The summed E-state index contributed by atoms with van der Waals surface area (Å²) in [6.45, 7) is 0. The maximum absolute atomic E-state index is 10.2. The minimum Gasteiger partial charge on any atom is -0.385 e. The summed E-state index contributed by atoms with van der Waals surface area (Å²) >= 11 is 0. The third-order valence-corrected chi connectivity index (χ3v) is 2.55. The zero-order valence-electron chi connectivity index (χ0n) is 8.35. The van der Waals surface area contributed by atoms with Gasteiger partial charge in [0, 0.05) is 19.7 Å². The van der Waals surface area contributed by atoms with Gasteiger partial charge in [-0.2, -0.15) is 0 Å². The van der Waals surface area contributed by atoms with E-state index in [1.165, 1.54) is 0 Å². The minimum absolute atomic E-state index is 0.567. The van der Waals surface area contributed by atoms with E-state index >= 15 is 0 Å². The second-order valence-corrected chi connectivity index (χ2v) is 3.96. The van der Waals surface area contributed by atoms with Gasteiger partial charge in [0.15, 0.2) is 0 Å². The second-order valence-electron chi connectivity index (χ2n) is 3.96. The normalized spacial score (nSPS) is 26.7. The lowest BCUT2D eigenvalue weighted by molar-refractivity contribution is 0.0741. The fourth-order valence-corrected chi connectivity index (χ4v) is 1.85. The summed E-state index contributed by atoms with van der Waals surface area (Å²) in [5.74, 6) is 0. The van der Waals surface area contributed by atoms with Crippen molar-refractivity contribution < 1.29 is 5.11 Å². The van der Waals surface area contributed by atoms with E-state index in [0.717, 1.165) is 25.0 Å². The van der Waals surface area contributed by atoms with Crippen LogP contribution in [-0.4, -0.2) is 25.7 Å². The van der Waals surface area contributed by atoms with E-state index in [2.05, 4.69) is 10.3 Å². The number of nitrogens with zero attached hydrogens (tertiary/aromatic N) is 3. The molecule has 0 amide bonds. The van der Waals surface area contributed by atoms with Crippen molar-refractivity contribution in [3.8, 4) is 0 Å². The summed E-state index contributed by atoms with van der Waals surface area (Å²) in [5.41, 5.74) is 0.149. The molecule has 76 valence electrons. The second kappa shape index (κ2) is 3.53. The number of rotatable bonds is 2. The van der Waals surface area contributed by atoms with Gasteiger partial charge >= 0.3 is 0 Å². The highest BCUT2D eigenvalue weighted by molar-refractivity contribution is 5.11. The minimum atomic E-state index is -0.700. The Labute approximate surface area is 83.2 Å². The molecule has 14 heavy (non-hydrogen) atoms. The quantitative estimate of drug-likeness (QED) is 0.708. The predicted octanol–water partition coefficient (Wildman–Crippen LogP) is 0.829. The lowest BCUT2D eigenvalue weighted by Gasteiger charge is -2.26. The first-order chi connectivity index (χ1) is 6.68. The van der Waals surface area contributed by atoms with Crippen molar-refractivity contribution in [2.75, 3.05) is 0 Å². The van der Waals surface area contributed by atoms with Crippen LogP contribution < -0.4 is 0 Å². The highest BCUT2D eigenvalue weighted by atomic mass is 16.3. The van der Waals surface area contributed by atoms with Crippen molar-refractivity contribution in [3.05, 3.63) is 24.0 Å². The molecule has 0 saturated carbocycles. The van der Waals surface area contributed by atoms with E-state index in [9.17, 15) is 5.11 Å². The fraction of sp³-hybridized carbons (Fsp3) is 0.600. The van der Waals surface area contributed by atoms with Crippen LogP contribution in [0, 0.1) is 0 Å². The Hall–Kier alpha value is -1.16. The lowest BCUT2D eigenvalue weighted by atomic mass is 9.87. The van der Waals surface area contributed by atoms with Crippen LogP contribution in [0.5, 0.6) is 0 Å². The molecule has 0 bridgehead atoms. The maximum Gasteiger partial charge on any atom is 0.0884 e. The van der Waals surface area contributed by atoms with E-state index in [4.69, 9.17) is 0 Å². The molecule has 1 unspecified atom stereocenters. The zero-order valence-corrected chi connectivity index (χ0v) is 8.35. The first kappa shape index (κ1) is 9.40. The molecule has 2 rings (SSSR count). The smallest absolute Gasteiger partial charge is 0.0884 e. The van der Waals surface area contributed by atoms with Gasteiger partial charge in [-0.05, 0) is 19.3 Å². The van der Waals surface area contributed by atoms with Crippen molar-refractivity contribution in [1.29, 1.82) is 0 Å². The van der Waals surface area contributed by atoms with Crippen LogP contribution in [0.25, 0.3) is 0 Å². The fourth-order valence-electron chi connectivity index (χ4n) is 1.85. The Bertz CT molecular complexity index is 345. The van der Waals surface area contributed by atoms with Crippen LogP contribution in [0.2, 0.25) is 0 Å². The predicted molar refractivity (Wildman–Crippen MR) is 52.6 cm³/mol. The van der Waals surface area contributed by atoms with E-state index in [-0.39, 0.29) is 0 Å².